The minimum Gasteiger partial charge on any atom is -0.480 e. The quantitative estimate of drug-likeness (QED) is 0.148. The van der Waals surface area contributed by atoms with Crippen LogP contribution in [-0.4, -0.2) is 75.1 Å². The van der Waals surface area contributed by atoms with Crippen LogP contribution in [0.25, 0.3) is 10.9 Å². The van der Waals surface area contributed by atoms with Crippen LogP contribution in [0.2, 0.25) is 0 Å². The van der Waals surface area contributed by atoms with Crippen LogP contribution in [0.15, 0.2) is 30.5 Å². The van der Waals surface area contributed by atoms with Crippen molar-refractivity contribution < 1.29 is 34.2 Å². The van der Waals surface area contributed by atoms with E-state index in [9.17, 15) is 34.2 Å². The summed E-state index contributed by atoms with van der Waals surface area (Å²) in [6, 6.07) is 2.07. The minimum atomic E-state index is -1.50. The molecule has 2 rings (SSSR count). The normalized spacial score (nSPS) is 15.2. The van der Waals surface area contributed by atoms with E-state index >= 15 is 0 Å². The molecule has 13 heteroatoms. The Bertz CT molecular complexity index is 1160. The van der Waals surface area contributed by atoms with Gasteiger partial charge in [0.25, 0.3) is 0 Å². The van der Waals surface area contributed by atoms with E-state index in [1.54, 1.807) is 6.20 Å². The number of hydrogen-bond donors (Lipinski definition) is 8. The Labute approximate surface area is 219 Å². The van der Waals surface area contributed by atoms with Crippen LogP contribution in [0.4, 0.5) is 0 Å². The number of carboxylic acid groups (broad SMARTS) is 1. The first kappa shape index (κ1) is 30.3. The number of aromatic amines is 1. The maximum absolute atomic E-state index is 13.1. The predicted octanol–water partition coefficient (Wildman–Crippen LogP) is -1.12. The highest BCUT2D eigenvalue weighted by Gasteiger charge is 2.33. The van der Waals surface area contributed by atoms with Gasteiger partial charge < -0.3 is 42.6 Å². The van der Waals surface area contributed by atoms with Crippen molar-refractivity contribution >= 4 is 40.5 Å². The monoisotopic (exact) mass is 532 g/mol. The summed E-state index contributed by atoms with van der Waals surface area (Å²) in [5.74, 6) is -4.66. The summed E-state index contributed by atoms with van der Waals surface area (Å²) in [6.07, 6.45) is -0.0169. The average molecular weight is 533 g/mol. The lowest BCUT2D eigenvalue weighted by atomic mass is 10.0. The Balaban J connectivity index is 2.16. The molecule has 0 radical (unpaired) electrons. The zero-order valence-corrected chi connectivity index (χ0v) is 21.6. The van der Waals surface area contributed by atoms with Crippen LogP contribution in [-0.2, 0) is 30.4 Å². The molecule has 1 heterocycles. The lowest BCUT2D eigenvalue weighted by Crippen LogP contribution is -2.60. The first-order chi connectivity index (χ1) is 17.8. The van der Waals surface area contributed by atoms with Gasteiger partial charge in [0.15, 0.2) is 0 Å². The molecule has 10 N–H and O–H groups in total. The van der Waals surface area contributed by atoms with Crippen LogP contribution in [0.1, 0.15) is 39.2 Å². The van der Waals surface area contributed by atoms with E-state index < -0.39 is 66.3 Å². The van der Waals surface area contributed by atoms with E-state index in [0.717, 1.165) is 10.9 Å². The molecule has 1 aromatic heterocycles. The number of fused-ring (bicyclic) bond motifs is 1. The molecule has 0 fully saturated rings. The van der Waals surface area contributed by atoms with Crippen LogP contribution >= 0.6 is 0 Å². The SMILES string of the molecule is CC(C)CC(NC(=O)C(NC(=O)C(N)CC(N)=O)C(C)O)C(=O)NC(Cc1c[nH]c2ccccc12)C(=O)O. The van der Waals surface area contributed by atoms with Crippen molar-refractivity contribution in [2.75, 3.05) is 0 Å². The van der Waals surface area contributed by atoms with Crippen molar-refractivity contribution in [2.45, 2.75) is 70.3 Å². The molecule has 1 aromatic carbocycles. The molecule has 0 aliphatic carbocycles. The van der Waals surface area contributed by atoms with Gasteiger partial charge in [-0.05, 0) is 30.9 Å². The largest absolute Gasteiger partial charge is 0.480 e. The first-order valence-corrected chi connectivity index (χ1v) is 12.2. The van der Waals surface area contributed by atoms with Crippen LogP contribution in [0.3, 0.4) is 0 Å². The highest BCUT2D eigenvalue weighted by atomic mass is 16.4. The van der Waals surface area contributed by atoms with E-state index in [1.165, 1.54) is 6.92 Å². The topological polar surface area (TPSA) is 230 Å². The van der Waals surface area contributed by atoms with Crippen LogP contribution < -0.4 is 27.4 Å². The van der Waals surface area contributed by atoms with Gasteiger partial charge in [-0.2, -0.15) is 0 Å². The molecule has 13 nitrogen and oxygen atoms in total. The fourth-order valence-electron chi connectivity index (χ4n) is 3.93. The van der Waals surface area contributed by atoms with Crippen molar-refractivity contribution in [3.05, 3.63) is 36.0 Å². The van der Waals surface area contributed by atoms with Gasteiger partial charge in [0.1, 0.15) is 18.1 Å². The third-order valence-electron chi connectivity index (χ3n) is 5.87. The molecule has 0 saturated carbocycles. The Morgan fingerprint density at radius 3 is 2.16 bits per heavy atom. The number of para-hydroxylation sites is 1. The number of aliphatic hydroxyl groups excluding tert-OH is 1. The maximum Gasteiger partial charge on any atom is 0.326 e. The summed E-state index contributed by atoms with van der Waals surface area (Å²) in [5, 5.41) is 27.9. The fraction of sp³-hybridized carbons (Fsp3) is 0.480. The number of carbonyl (C=O) groups is 5. The number of nitrogens with two attached hydrogens (primary N) is 2. The zero-order chi connectivity index (χ0) is 28.6. The Morgan fingerprint density at radius 2 is 1.58 bits per heavy atom. The number of nitrogens with one attached hydrogen (secondary N) is 4. The zero-order valence-electron chi connectivity index (χ0n) is 21.6. The fourth-order valence-corrected chi connectivity index (χ4v) is 3.93. The number of benzene rings is 1. The van der Waals surface area contributed by atoms with Gasteiger partial charge >= 0.3 is 5.97 Å². The number of aliphatic hydroxyl groups is 1. The van der Waals surface area contributed by atoms with Gasteiger partial charge in [0, 0.05) is 23.5 Å². The molecule has 0 saturated heterocycles. The lowest BCUT2D eigenvalue weighted by molar-refractivity contribution is -0.142. The third kappa shape index (κ3) is 8.56. The smallest absolute Gasteiger partial charge is 0.326 e. The van der Waals surface area contributed by atoms with Gasteiger partial charge in [0.05, 0.1) is 18.6 Å². The van der Waals surface area contributed by atoms with E-state index in [2.05, 4.69) is 20.9 Å². The molecule has 5 atom stereocenters. The molecule has 0 aliphatic heterocycles. The number of carbonyl (C=O) groups excluding carboxylic acids is 4. The number of aromatic nitrogens is 1. The van der Waals surface area contributed by atoms with E-state index in [1.807, 2.05) is 38.1 Å². The van der Waals surface area contributed by atoms with Gasteiger partial charge in [0.2, 0.25) is 23.6 Å². The van der Waals surface area contributed by atoms with Crippen molar-refractivity contribution in [3.63, 3.8) is 0 Å². The number of hydrogen-bond acceptors (Lipinski definition) is 7. The van der Waals surface area contributed by atoms with Crippen molar-refractivity contribution in [3.8, 4) is 0 Å². The molecular formula is C25H36N6O7. The summed E-state index contributed by atoms with van der Waals surface area (Å²) in [7, 11) is 0. The van der Waals surface area contributed by atoms with Crippen molar-refractivity contribution in [1.29, 1.82) is 0 Å². The second-order valence-corrected chi connectivity index (χ2v) is 9.66. The molecule has 0 spiro atoms. The third-order valence-corrected chi connectivity index (χ3v) is 5.87. The summed E-state index contributed by atoms with van der Waals surface area (Å²) in [6.45, 7) is 4.87. The summed E-state index contributed by atoms with van der Waals surface area (Å²) in [5.41, 5.74) is 12.2. The van der Waals surface area contributed by atoms with E-state index in [4.69, 9.17) is 11.5 Å². The average Bonchev–Trinajstić information content (AvgIpc) is 3.23. The Morgan fingerprint density at radius 1 is 0.947 bits per heavy atom. The standard InChI is InChI=1S/C25H36N6O7/c1-12(2)8-18(29-24(36)21(13(3)32)31-22(34)16(26)10-20(27)33)23(35)30-19(25(37)38)9-14-11-28-17-7-5-4-6-15(14)17/h4-7,11-13,16,18-19,21,28,32H,8-10,26H2,1-3H3,(H2,27,33)(H,29,36)(H,30,35)(H,31,34)(H,37,38). The van der Waals surface area contributed by atoms with Crippen LogP contribution in [0.5, 0.6) is 0 Å². The second kappa shape index (κ2) is 13.5. The molecule has 0 bridgehead atoms. The molecule has 0 aliphatic rings. The maximum atomic E-state index is 13.1. The van der Waals surface area contributed by atoms with Gasteiger partial charge in [-0.3, -0.25) is 19.2 Å². The minimum absolute atomic E-state index is 0.00244. The van der Waals surface area contributed by atoms with Gasteiger partial charge in [-0.25, -0.2) is 4.79 Å². The van der Waals surface area contributed by atoms with Crippen LogP contribution in [0, 0.1) is 5.92 Å². The Hall–Kier alpha value is -3.97. The lowest BCUT2D eigenvalue weighted by Gasteiger charge is -2.27. The van der Waals surface area contributed by atoms with Crippen molar-refractivity contribution in [1.82, 2.24) is 20.9 Å². The molecule has 5 unspecified atom stereocenters. The number of amides is 4. The van der Waals surface area contributed by atoms with Gasteiger partial charge in [-0.15, -0.1) is 0 Å². The molecule has 4 amide bonds. The molecular weight excluding hydrogens is 496 g/mol. The number of carboxylic acids is 1. The summed E-state index contributed by atoms with van der Waals surface area (Å²) >= 11 is 0. The number of rotatable bonds is 14. The highest BCUT2D eigenvalue weighted by molar-refractivity contribution is 5.95. The van der Waals surface area contributed by atoms with Gasteiger partial charge in [-0.1, -0.05) is 32.0 Å². The van der Waals surface area contributed by atoms with Crippen molar-refractivity contribution in [2.24, 2.45) is 17.4 Å². The molecule has 208 valence electrons. The summed E-state index contributed by atoms with van der Waals surface area (Å²) < 4.78 is 0. The number of primary amides is 1. The van der Waals surface area contributed by atoms with E-state index in [-0.39, 0.29) is 18.8 Å². The van der Waals surface area contributed by atoms with E-state index in [0.29, 0.717) is 5.56 Å². The highest BCUT2D eigenvalue weighted by Crippen LogP contribution is 2.19. The predicted molar refractivity (Wildman–Crippen MR) is 138 cm³/mol. The molecule has 38 heavy (non-hydrogen) atoms. The first-order valence-electron chi connectivity index (χ1n) is 12.2. The Kier molecular flexibility index (Phi) is 10.8. The second-order valence-electron chi connectivity index (χ2n) is 9.66. The molecule has 2 aromatic rings. The summed E-state index contributed by atoms with van der Waals surface area (Å²) in [4.78, 5) is 64.5. The number of aliphatic carboxylic acids is 1. The number of H-pyrrole nitrogens is 1.